The van der Waals surface area contributed by atoms with Gasteiger partial charge in [-0.15, -0.1) is 0 Å². The Kier molecular flexibility index (Phi) is 4.97. The number of fused-ring (bicyclic) bond motifs is 1. The third-order valence-corrected chi connectivity index (χ3v) is 5.47. The Labute approximate surface area is 156 Å². The molecule has 0 bridgehead atoms. The number of anilines is 1. The molecule has 0 atom stereocenters. The average molecular weight is 396 g/mol. The van der Waals surface area contributed by atoms with Crippen molar-refractivity contribution >= 4 is 38.2 Å². The summed E-state index contributed by atoms with van der Waals surface area (Å²) < 4.78 is 40.2. The number of sulfonamides is 1. The molecule has 138 valence electrons. The van der Waals surface area contributed by atoms with Crippen LogP contribution in [0, 0.1) is 0 Å². The monoisotopic (exact) mass is 395 g/mol. The molecule has 0 spiro atoms. The number of halogens is 1. The van der Waals surface area contributed by atoms with Crippen molar-refractivity contribution in [3.8, 4) is 11.5 Å². The van der Waals surface area contributed by atoms with E-state index < -0.39 is 10.0 Å². The Balaban J connectivity index is 2.06. The number of hydrogen-bond acceptors (Lipinski definition) is 5. The maximum absolute atomic E-state index is 12.7. The highest BCUT2D eigenvalue weighted by Gasteiger charge is 2.21. The van der Waals surface area contributed by atoms with Gasteiger partial charge < -0.3 is 9.47 Å². The van der Waals surface area contributed by atoms with Crippen molar-refractivity contribution < 1.29 is 17.9 Å². The number of rotatable bonds is 6. The molecular formula is C17H18ClN3O4S. The van der Waals surface area contributed by atoms with E-state index in [4.69, 9.17) is 21.1 Å². The topological polar surface area (TPSA) is 82.4 Å². The van der Waals surface area contributed by atoms with E-state index in [1.54, 1.807) is 31.3 Å². The smallest absolute Gasteiger partial charge is 0.261 e. The Hall–Kier alpha value is -2.45. The van der Waals surface area contributed by atoms with Crippen LogP contribution in [0.15, 0.2) is 41.3 Å². The SMILES string of the molecule is CCOc1ccc(NS(=O)(=O)c2ccc(OC)cc2)c2c1c(Cl)nn2C. The fourth-order valence-corrected chi connectivity index (χ4v) is 4.02. The van der Waals surface area contributed by atoms with Crippen LogP contribution in [-0.4, -0.2) is 31.9 Å². The summed E-state index contributed by atoms with van der Waals surface area (Å²) in [6.07, 6.45) is 0. The van der Waals surface area contributed by atoms with Gasteiger partial charge in [0.25, 0.3) is 10.0 Å². The lowest BCUT2D eigenvalue weighted by Gasteiger charge is -2.12. The molecule has 2 aromatic carbocycles. The number of hydrogen-bond donors (Lipinski definition) is 1. The first-order chi connectivity index (χ1) is 12.4. The van der Waals surface area contributed by atoms with Crippen molar-refractivity contribution in [2.45, 2.75) is 11.8 Å². The maximum atomic E-state index is 12.7. The van der Waals surface area contributed by atoms with Gasteiger partial charge in [-0.1, -0.05) is 11.6 Å². The first-order valence-corrected chi connectivity index (χ1v) is 9.68. The Morgan fingerprint density at radius 1 is 1.19 bits per heavy atom. The first-order valence-electron chi connectivity index (χ1n) is 7.82. The van der Waals surface area contributed by atoms with Crippen LogP contribution in [0.25, 0.3) is 10.9 Å². The Morgan fingerprint density at radius 2 is 1.88 bits per heavy atom. The molecule has 0 fully saturated rings. The van der Waals surface area contributed by atoms with E-state index in [0.29, 0.717) is 34.7 Å². The fourth-order valence-electron chi connectivity index (χ4n) is 2.66. The van der Waals surface area contributed by atoms with E-state index in [9.17, 15) is 8.42 Å². The molecule has 1 aromatic heterocycles. The summed E-state index contributed by atoms with van der Waals surface area (Å²) in [7, 11) is -0.585. The first kappa shape index (κ1) is 18.3. The zero-order valence-corrected chi connectivity index (χ0v) is 16.1. The number of aromatic nitrogens is 2. The van der Waals surface area contributed by atoms with Gasteiger partial charge in [-0.2, -0.15) is 5.10 Å². The molecule has 0 aliphatic rings. The molecule has 1 heterocycles. The fraction of sp³-hybridized carbons (Fsp3) is 0.235. The van der Waals surface area contributed by atoms with Crippen LogP contribution in [0.4, 0.5) is 5.69 Å². The number of methoxy groups -OCH3 is 1. The van der Waals surface area contributed by atoms with E-state index in [1.165, 1.54) is 23.9 Å². The van der Waals surface area contributed by atoms with Gasteiger partial charge in [0.15, 0.2) is 5.15 Å². The lowest BCUT2D eigenvalue weighted by atomic mass is 10.2. The molecule has 9 heteroatoms. The molecule has 26 heavy (non-hydrogen) atoms. The second-order valence-electron chi connectivity index (χ2n) is 5.46. The summed E-state index contributed by atoms with van der Waals surface area (Å²) in [6.45, 7) is 2.31. The van der Waals surface area contributed by atoms with Crippen LogP contribution in [0.2, 0.25) is 5.15 Å². The van der Waals surface area contributed by atoms with Crippen molar-refractivity contribution in [1.82, 2.24) is 9.78 Å². The lowest BCUT2D eigenvalue weighted by Crippen LogP contribution is -2.14. The van der Waals surface area contributed by atoms with E-state index in [2.05, 4.69) is 9.82 Å². The summed E-state index contributed by atoms with van der Waals surface area (Å²) in [6, 6.07) is 9.43. The molecule has 3 rings (SSSR count). The van der Waals surface area contributed by atoms with Crippen molar-refractivity contribution in [3.63, 3.8) is 0 Å². The Bertz CT molecular complexity index is 1050. The number of benzene rings is 2. The second kappa shape index (κ2) is 7.05. The third-order valence-electron chi connectivity index (χ3n) is 3.82. The van der Waals surface area contributed by atoms with Crippen molar-refractivity contribution in [2.24, 2.45) is 7.05 Å². The average Bonchev–Trinajstić information content (AvgIpc) is 2.92. The van der Waals surface area contributed by atoms with Gasteiger partial charge in [0, 0.05) is 7.05 Å². The van der Waals surface area contributed by atoms with Crippen molar-refractivity contribution in [3.05, 3.63) is 41.6 Å². The van der Waals surface area contributed by atoms with Gasteiger partial charge in [0.1, 0.15) is 11.5 Å². The van der Waals surface area contributed by atoms with E-state index >= 15 is 0 Å². The molecule has 0 amide bonds. The molecule has 0 aliphatic carbocycles. The molecule has 0 radical (unpaired) electrons. The minimum absolute atomic E-state index is 0.119. The van der Waals surface area contributed by atoms with E-state index in [-0.39, 0.29) is 10.0 Å². The highest BCUT2D eigenvalue weighted by Crippen LogP contribution is 2.37. The van der Waals surface area contributed by atoms with Gasteiger partial charge >= 0.3 is 0 Å². The molecule has 0 unspecified atom stereocenters. The summed E-state index contributed by atoms with van der Waals surface area (Å²) in [5.41, 5.74) is 0.902. The lowest BCUT2D eigenvalue weighted by molar-refractivity contribution is 0.344. The van der Waals surface area contributed by atoms with Crippen LogP contribution < -0.4 is 14.2 Å². The molecular weight excluding hydrogens is 378 g/mol. The van der Waals surface area contributed by atoms with Gasteiger partial charge in [0.05, 0.1) is 35.2 Å². The second-order valence-corrected chi connectivity index (χ2v) is 7.50. The zero-order chi connectivity index (χ0) is 18.9. The summed E-state index contributed by atoms with van der Waals surface area (Å²) >= 11 is 6.21. The maximum Gasteiger partial charge on any atom is 0.261 e. The van der Waals surface area contributed by atoms with Crippen LogP contribution in [0.3, 0.4) is 0 Å². The predicted octanol–water partition coefficient (Wildman–Crippen LogP) is 3.43. The van der Waals surface area contributed by atoms with Gasteiger partial charge in [-0.05, 0) is 43.3 Å². The number of aryl methyl sites for hydroxylation is 1. The summed E-state index contributed by atoms with van der Waals surface area (Å²) in [4.78, 5) is 0.119. The zero-order valence-electron chi connectivity index (χ0n) is 14.5. The molecule has 1 N–H and O–H groups in total. The summed E-state index contributed by atoms with van der Waals surface area (Å²) in [5.74, 6) is 1.12. The highest BCUT2D eigenvalue weighted by molar-refractivity contribution is 7.92. The van der Waals surface area contributed by atoms with E-state index in [0.717, 1.165) is 0 Å². The molecule has 3 aromatic rings. The summed E-state index contributed by atoms with van der Waals surface area (Å²) in [5, 5.41) is 4.98. The predicted molar refractivity (Wildman–Crippen MR) is 101 cm³/mol. The third kappa shape index (κ3) is 3.30. The minimum atomic E-state index is -3.79. The molecule has 7 nitrogen and oxygen atoms in total. The Morgan fingerprint density at radius 3 is 2.50 bits per heavy atom. The van der Waals surface area contributed by atoms with Crippen LogP contribution in [-0.2, 0) is 17.1 Å². The molecule has 0 saturated heterocycles. The largest absolute Gasteiger partial charge is 0.497 e. The van der Waals surface area contributed by atoms with Crippen LogP contribution in [0.5, 0.6) is 11.5 Å². The van der Waals surface area contributed by atoms with E-state index in [1.807, 2.05) is 6.92 Å². The number of nitrogens with zero attached hydrogens (tertiary/aromatic N) is 2. The highest BCUT2D eigenvalue weighted by atomic mass is 35.5. The molecule has 0 saturated carbocycles. The standard InChI is InChI=1S/C17H18ClN3O4S/c1-4-25-14-10-9-13(16-15(14)17(18)19-21(16)2)20-26(22,23)12-7-5-11(24-3)6-8-12/h5-10,20H,4H2,1-3H3. The number of nitrogens with one attached hydrogen (secondary N) is 1. The van der Waals surface area contributed by atoms with Gasteiger partial charge in [0.2, 0.25) is 0 Å². The normalized spacial score (nSPS) is 11.5. The van der Waals surface area contributed by atoms with Crippen molar-refractivity contribution in [2.75, 3.05) is 18.4 Å². The quantitative estimate of drug-likeness (QED) is 0.691. The van der Waals surface area contributed by atoms with Gasteiger partial charge in [-0.25, -0.2) is 8.42 Å². The molecule has 0 aliphatic heterocycles. The number of ether oxygens (including phenoxy) is 2. The van der Waals surface area contributed by atoms with Gasteiger partial charge in [-0.3, -0.25) is 9.40 Å². The van der Waals surface area contributed by atoms with Crippen LogP contribution >= 0.6 is 11.6 Å². The van der Waals surface area contributed by atoms with Crippen molar-refractivity contribution in [1.29, 1.82) is 0 Å². The minimum Gasteiger partial charge on any atom is -0.497 e. The van der Waals surface area contributed by atoms with Crippen LogP contribution in [0.1, 0.15) is 6.92 Å².